The maximum atomic E-state index is 13.4. The zero-order valence-electron chi connectivity index (χ0n) is 18.2. The van der Waals surface area contributed by atoms with Crippen LogP contribution >= 0.6 is 11.3 Å². The highest BCUT2D eigenvalue weighted by Crippen LogP contribution is 2.30. The molecule has 0 fully saturated rings. The number of rotatable bonds is 6. The van der Waals surface area contributed by atoms with Crippen LogP contribution < -0.4 is 15.4 Å². The third kappa shape index (κ3) is 3.94. The van der Waals surface area contributed by atoms with Crippen LogP contribution in [0.5, 0.6) is 5.75 Å². The molecule has 4 aromatic rings. The van der Waals surface area contributed by atoms with Crippen LogP contribution in [0.4, 0.5) is 5.69 Å². The minimum Gasteiger partial charge on any atom is -0.497 e. The van der Waals surface area contributed by atoms with Crippen molar-refractivity contribution in [2.24, 2.45) is 0 Å². The third-order valence-corrected chi connectivity index (χ3v) is 5.91. The lowest BCUT2D eigenvalue weighted by Crippen LogP contribution is -2.22. The summed E-state index contributed by atoms with van der Waals surface area (Å²) in [6.07, 6.45) is 1.66. The number of nitrogens with one attached hydrogen (secondary N) is 2. The average Bonchev–Trinajstić information content (AvgIpc) is 3.48. The highest BCUT2D eigenvalue weighted by atomic mass is 32.1. The maximum Gasteiger partial charge on any atom is 0.256 e. The number of fused-ring (bicyclic) bond motifs is 1. The molecule has 0 atom stereocenters. The second-order valence-corrected chi connectivity index (χ2v) is 8.34. The van der Waals surface area contributed by atoms with Crippen LogP contribution in [0.1, 0.15) is 40.6 Å². The summed E-state index contributed by atoms with van der Waals surface area (Å²) in [4.78, 5) is 31.5. The first-order valence-electron chi connectivity index (χ1n) is 10.1. The summed E-state index contributed by atoms with van der Waals surface area (Å²) >= 11 is 1.55. The second kappa shape index (κ2) is 8.80. The van der Waals surface area contributed by atoms with Crippen LogP contribution in [0.2, 0.25) is 0 Å². The SMILES string of the molecule is CNC(=O)c1cc(OC)ccc1NC(=O)c1cc(-c2cccs2)nc2c1cnn2C(C)C. The number of thiophene rings is 1. The number of hydrogen-bond donors (Lipinski definition) is 2. The fraction of sp³-hybridized carbons (Fsp3) is 0.217. The molecule has 1 aromatic carbocycles. The van der Waals surface area contributed by atoms with Gasteiger partial charge in [0, 0.05) is 13.1 Å². The molecule has 4 rings (SSSR count). The Morgan fingerprint density at radius 1 is 1.12 bits per heavy atom. The summed E-state index contributed by atoms with van der Waals surface area (Å²) in [7, 11) is 3.06. The predicted molar refractivity (Wildman–Crippen MR) is 126 cm³/mol. The van der Waals surface area contributed by atoms with Crippen molar-refractivity contribution in [1.29, 1.82) is 0 Å². The van der Waals surface area contributed by atoms with Crippen molar-refractivity contribution in [2.45, 2.75) is 19.9 Å². The van der Waals surface area contributed by atoms with Gasteiger partial charge < -0.3 is 15.4 Å². The van der Waals surface area contributed by atoms with E-state index in [-0.39, 0.29) is 17.9 Å². The largest absolute Gasteiger partial charge is 0.497 e. The summed E-state index contributed by atoms with van der Waals surface area (Å²) in [6.45, 7) is 4.03. The molecular formula is C23H23N5O3S. The van der Waals surface area contributed by atoms with E-state index < -0.39 is 0 Å². The number of anilines is 1. The van der Waals surface area contributed by atoms with E-state index >= 15 is 0 Å². The number of ether oxygens (including phenoxy) is 1. The van der Waals surface area contributed by atoms with E-state index in [0.29, 0.717) is 39.3 Å². The Bertz CT molecular complexity index is 1290. The number of methoxy groups -OCH3 is 1. The molecule has 0 bridgehead atoms. The van der Waals surface area contributed by atoms with E-state index in [2.05, 4.69) is 15.7 Å². The van der Waals surface area contributed by atoms with E-state index in [9.17, 15) is 9.59 Å². The minimum atomic E-state index is -0.353. The van der Waals surface area contributed by atoms with E-state index in [1.165, 1.54) is 14.2 Å². The molecular weight excluding hydrogens is 426 g/mol. The van der Waals surface area contributed by atoms with Gasteiger partial charge in [0.25, 0.3) is 11.8 Å². The third-order valence-electron chi connectivity index (χ3n) is 5.02. The highest BCUT2D eigenvalue weighted by Gasteiger charge is 2.21. The number of carbonyl (C=O) groups excluding carboxylic acids is 2. The number of amides is 2. The maximum absolute atomic E-state index is 13.4. The number of carbonyl (C=O) groups is 2. The summed E-state index contributed by atoms with van der Waals surface area (Å²) in [5.74, 6) is -0.161. The summed E-state index contributed by atoms with van der Waals surface area (Å²) in [5.41, 5.74) is 2.46. The van der Waals surface area contributed by atoms with E-state index in [0.717, 1.165) is 4.88 Å². The van der Waals surface area contributed by atoms with Crippen molar-refractivity contribution >= 4 is 39.9 Å². The molecule has 8 nitrogen and oxygen atoms in total. The molecule has 0 aliphatic carbocycles. The van der Waals surface area contributed by atoms with Crippen molar-refractivity contribution in [3.05, 3.63) is 59.1 Å². The highest BCUT2D eigenvalue weighted by molar-refractivity contribution is 7.13. The lowest BCUT2D eigenvalue weighted by molar-refractivity contribution is 0.0963. The summed E-state index contributed by atoms with van der Waals surface area (Å²) in [5, 5.41) is 12.5. The standard InChI is InChI=1S/C23H23N5O3S/c1-13(2)28-21-17(12-25-28)15(11-19(26-21)20-6-5-9-32-20)23(30)27-18-8-7-14(31-4)10-16(18)22(29)24-3/h5-13H,1-4H3,(H,24,29)(H,27,30). The quantitative estimate of drug-likeness (QED) is 0.456. The van der Waals surface area contributed by atoms with Crippen LogP contribution in [-0.4, -0.2) is 40.7 Å². The van der Waals surface area contributed by atoms with Gasteiger partial charge in [0.15, 0.2) is 5.65 Å². The van der Waals surface area contributed by atoms with Crippen molar-refractivity contribution in [3.63, 3.8) is 0 Å². The first-order valence-corrected chi connectivity index (χ1v) is 10.9. The molecule has 2 N–H and O–H groups in total. The monoisotopic (exact) mass is 449 g/mol. The van der Waals surface area contributed by atoms with Gasteiger partial charge in [-0.2, -0.15) is 5.10 Å². The van der Waals surface area contributed by atoms with Gasteiger partial charge in [0.2, 0.25) is 0 Å². The van der Waals surface area contributed by atoms with Crippen LogP contribution in [-0.2, 0) is 0 Å². The molecule has 32 heavy (non-hydrogen) atoms. The van der Waals surface area contributed by atoms with E-state index in [1.807, 2.05) is 31.4 Å². The zero-order valence-corrected chi connectivity index (χ0v) is 19.0. The van der Waals surface area contributed by atoms with Gasteiger partial charge in [-0.05, 0) is 49.6 Å². The Morgan fingerprint density at radius 3 is 2.59 bits per heavy atom. The van der Waals surface area contributed by atoms with Crippen LogP contribution in [0, 0.1) is 0 Å². The Kier molecular flexibility index (Phi) is 5.91. The van der Waals surface area contributed by atoms with Crippen molar-refractivity contribution in [1.82, 2.24) is 20.1 Å². The van der Waals surface area contributed by atoms with Gasteiger partial charge in [-0.25, -0.2) is 9.67 Å². The number of benzene rings is 1. The van der Waals surface area contributed by atoms with Gasteiger partial charge >= 0.3 is 0 Å². The van der Waals surface area contributed by atoms with E-state index in [1.54, 1.807) is 46.5 Å². The molecule has 0 aliphatic rings. The fourth-order valence-electron chi connectivity index (χ4n) is 3.41. The zero-order chi connectivity index (χ0) is 22.8. The molecule has 2 amide bonds. The molecule has 164 valence electrons. The normalized spacial score (nSPS) is 11.0. The molecule has 3 aromatic heterocycles. The topological polar surface area (TPSA) is 98.1 Å². The molecule has 9 heteroatoms. The van der Waals surface area contributed by atoms with Gasteiger partial charge in [-0.1, -0.05) is 6.07 Å². The van der Waals surface area contributed by atoms with Crippen LogP contribution in [0.15, 0.2) is 48.0 Å². The lowest BCUT2D eigenvalue weighted by atomic mass is 10.1. The lowest BCUT2D eigenvalue weighted by Gasteiger charge is -2.13. The Balaban J connectivity index is 1.81. The molecule has 0 spiro atoms. The average molecular weight is 450 g/mol. The van der Waals surface area contributed by atoms with Gasteiger partial charge in [-0.3, -0.25) is 9.59 Å². The van der Waals surface area contributed by atoms with Crippen molar-refractivity contribution < 1.29 is 14.3 Å². The van der Waals surface area contributed by atoms with Gasteiger partial charge in [0.1, 0.15) is 5.75 Å². The molecule has 0 unspecified atom stereocenters. The Labute approximate surface area is 189 Å². The number of hydrogen-bond acceptors (Lipinski definition) is 6. The van der Waals surface area contributed by atoms with Gasteiger partial charge in [-0.15, -0.1) is 11.3 Å². The Hall–Kier alpha value is -3.72. The second-order valence-electron chi connectivity index (χ2n) is 7.40. The van der Waals surface area contributed by atoms with E-state index in [4.69, 9.17) is 9.72 Å². The molecule has 0 aliphatic heterocycles. The predicted octanol–water partition coefficient (Wildman–Crippen LogP) is 4.36. The molecule has 3 heterocycles. The van der Waals surface area contributed by atoms with Crippen molar-refractivity contribution in [2.75, 3.05) is 19.5 Å². The van der Waals surface area contributed by atoms with Crippen LogP contribution in [0.25, 0.3) is 21.6 Å². The molecule has 0 radical (unpaired) electrons. The number of pyridine rings is 1. The summed E-state index contributed by atoms with van der Waals surface area (Å²) < 4.78 is 7.02. The van der Waals surface area contributed by atoms with Crippen LogP contribution in [0.3, 0.4) is 0 Å². The molecule has 0 saturated carbocycles. The first-order chi connectivity index (χ1) is 15.4. The summed E-state index contributed by atoms with van der Waals surface area (Å²) in [6, 6.07) is 10.7. The Morgan fingerprint density at radius 2 is 1.94 bits per heavy atom. The number of aromatic nitrogens is 3. The molecule has 0 saturated heterocycles. The van der Waals surface area contributed by atoms with Gasteiger partial charge in [0.05, 0.1) is 46.1 Å². The fourth-order valence-corrected chi connectivity index (χ4v) is 4.09. The smallest absolute Gasteiger partial charge is 0.256 e. The van der Waals surface area contributed by atoms with Crippen molar-refractivity contribution in [3.8, 4) is 16.3 Å². The minimum absolute atomic E-state index is 0.0796. The first kappa shape index (κ1) is 21.5. The number of nitrogens with zero attached hydrogens (tertiary/aromatic N) is 3.